The van der Waals surface area contributed by atoms with Crippen molar-refractivity contribution in [2.45, 2.75) is 6.54 Å². The van der Waals surface area contributed by atoms with Gasteiger partial charge in [-0.25, -0.2) is 9.67 Å². The van der Waals surface area contributed by atoms with Crippen LogP contribution in [0.1, 0.15) is 0 Å². The Bertz CT molecular complexity index is 1410. The van der Waals surface area contributed by atoms with Crippen molar-refractivity contribution >= 4 is 27.9 Å². The Morgan fingerprint density at radius 1 is 0.968 bits per heavy atom. The third-order valence-electron chi connectivity index (χ3n) is 4.76. The van der Waals surface area contributed by atoms with E-state index >= 15 is 0 Å². The molecule has 3 heterocycles. The lowest BCUT2D eigenvalue weighted by Gasteiger charge is -2.09. The Morgan fingerprint density at radius 2 is 1.81 bits per heavy atom. The Hall–Kier alpha value is -4.04. The van der Waals surface area contributed by atoms with Gasteiger partial charge < -0.3 is 5.32 Å². The summed E-state index contributed by atoms with van der Waals surface area (Å²) in [5, 5.41) is 9.16. The number of rotatable bonds is 5. The fourth-order valence-corrected chi connectivity index (χ4v) is 3.98. The molecule has 5 aromatic rings. The van der Waals surface area contributed by atoms with Crippen molar-refractivity contribution in [1.82, 2.24) is 19.2 Å². The highest BCUT2D eigenvalue weighted by Gasteiger charge is 2.10. The molecule has 1 amide bonds. The van der Waals surface area contributed by atoms with E-state index in [-0.39, 0.29) is 18.0 Å². The van der Waals surface area contributed by atoms with E-state index in [1.54, 1.807) is 23.5 Å². The minimum atomic E-state index is -0.332. The fourth-order valence-electron chi connectivity index (χ4n) is 3.28. The van der Waals surface area contributed by atoms with Gasteiger partial charge in [-0.2, -0.15) is 5.10 Å². The van der Waals surface area contributed by atoms with Crippen LogP contribution in [0, 0.1) is 0 Å². The fraction of sp³-hybridized carbons (Fsp3) is 0.0435. The first kappa shape index (κ1) is 19.0. The van der Waals surface area contributed by atoms with E-state index in [0.717, 1.165) is 21.8 Å². The van der Waals surface area contributed by atoms with E-state index in [1.165, 1.54) is 10.7 Å². The normalized spacial score (nSPS) is 11.0. The average Bonchev–Trinajstić information content (AvgIpc) is 3.39. The van der Waals surface area contributed by atoms with Gasteiger partial charge in [-0.15, -0.1) is 11.3 Å². The number of anilines is 1. The minimum absolute atomic E-state index is 0.177. The molecule has 0 bridgehead atoms. The molecule has 5 rings (SSSR count). The highest BCUT2D eigenvalue weighted by atomic mass is 32.1. The summed E-state index contributed by atoms with van der Waals surface area (Å²) < 4.78 is 3.13. The molecular weight excluding hydrogens is 410 g/mol. The number of imidazole rings is 1. The summed E-state index contributed by atoms with van der Waals surface area (Å²) in [5.41, 5.74) is 3.54. The van der Waals surface area contributed by atoms with E-state index < -0.39 is 0 Å². The third-order valence-corrected chi connectivity index (χ3v) is 5.54. The maximum absolute atomic E-state index is 12.6. The monoisotopic (exact) mass is 427 g/mol. The highest BCUT2D eigenvalue weighted by Crippen LogP contribution is 2.24. The number of carbonyl (C=O) groups is 1. The predicted molar refractivity (Wildman–Crippen MR) is 121 cm³/mol. The number of hydrogen-bond donors (Lipinski definition) is 1. The molecule has 0 saturated carbocycles. The molecule has 0 radical (unpaired) electrons. The van der Waals surface area contributed by atoms with Gasteiger partial charge in [-0.1, -0.05) is 42.5 Å². The van der Waals surface area contributed by atoms with Gasteiger partial charge in [0.25, 0.3) is 5.56 Å². The summed E-state index contributed by atoms with van der Waals surface area (Å²) in [4.78, 5) is 30.3. The smallest absolute Gasteiger partial charge is 0.267 e. The van der Waals surface area contributed by atoms with Crippen LogP contribution >= 0.6 is 11.3 Å². The van der Waals surface area contributed by atoms with Crippen LogP contribution in [-0.4, -0.2) is 25.1 Å². The number of amides is 1. The third kappa shape index (κ3) is 4.01. The van der Waals surface area contributed by atoms with Gasteiger partial charge in [0.1, 0.15) is 6.54 Å². The van der Waals surface area contributed by atoms with E-state index in [0.29, 0.717) is 11.4 Å². The van der Waals surface area contributed by atoms with Crippen LogP contribution in [0.15, 0.2) is 89.3 Å². The van der Waals surface area contributed by atoms with Gasteiger partial charge in [0.15, 0.2) is 4.96 Å². The largest absolute Gasteiger partial charge is 0.324 e. The molecule has 0 aliphatic rings. The van der Waals surface area contributed by atoms with Crippen molar-refractivity contribution in [2.24, 2.45) is 0 Å². The van der Waals surface area contributed by atoms with Crippen LogP contribution < -0.4 is 10.9 Å². The second-order valence-corrected chi connectivity index (χ2v) is 7.80. The average molecular weight is 427 g/mol. The number of nitrogens with one attached hydrogen (secondary N) is 1. The number of nitrogens with zero attached hydrogens (tertiary/aromatic N) is 4. The lowest BCUT2D eigenvalue weighted by Crippen LogP contribution is -2.29. The maximum Gasteiger partial charge on any atom is 0.267 e. The molecule has 31 heavy (non-hydrogen) atoms. The van der Waals surface area contributed by atoms with E-state index in [4.69, 9.17) is 0 Å². The predicted octanol–water partition coefficient (Wildman–Crippen LogP) is 3.93. The van der Waals surface area contributed by atoms with Gasteiger partial charge in [0, 0.05) is 40.7 Å². The van der Waals surface area contributed by atoms with Crippen LogP contribution in [-0.2, 0) is 11.3 Å². The summed E-state index contributed by atoms with van der Waals surface area (Å²) in [6.07, 6.45) is 3.90. The van der Waals surface area contributed by atoms with Gasteiger partial charge >= 0.3 is 0 Å². The first-order valence-electron chi connectivity index (χ1n) is 9.62. The first-order valence-corrected chi connectivity index (χ1v) is 10.5. The van der Waals surface area contributed by atoms with Crippen LogP contribution in [0.4, 0.5) is 5.69 Å². The number of aromatic nitrogens is 4. The second-order valence-electron chi connectivity index (χ2n) is 6.93. The summed E-state index contributed by atoms with van der Waals surface area (Å²) in [7, 11) is 0. The molecule has 3 aromatic heterocycles. The zero-order chi connectivity index (χ0) is 21.2. The van der Waals surface area contributed by atoms with Crippen molar-refractivity contribution in [3.05, 3.63) is 94.9 Å². The van der Waals surface area contributed by atoms with Crippen LogP contribution in [0.3, 0.4) is 0 Å². The van der Waals surface area contributed by atoms with Crippen LogP contribution in [0.25, 0.3) is 27.5 Å². The molecule has 152 valence electrons. The molecule has 7 nitrogen and oxygen atoms in total. The lowest BCUT2D eigenvalue weighted by molar-refractivity contribution is -0.117. The van der Waals surface area contributed by atoms with Crippen molar-refractivity contribution in [2.75, 3.05) is 5.32 Å². The summed E-state index contributed by atoms with van der Waals surface area (Å²) >= 11 is 1.56. The molecule has 8 heteroatoms. The SMILES string of the molecule is O=C(Cn1nc(-c2ccccc2)ccc1=O)Nc1cccc(-c2cn3ccsc3n2)c1. The summed E-state index contributed by atoms with van der Waals surface area (Å²) in [5.74, 6) is -0.331. The Morgan fingerprint density at radius 3 is 2.65 bits per heavy atom. The zero-order valence-electron chi connectivity index (χ0n) is 16.3. The molecule has 0 atom stereocenters. The quantitative estimate of drug-likeness (QED) is 0.461. The van der Waals surface area contributed by atoms with Crippen molar-refractivity contribution in [3.8, 4) is 22.5 Å². The molecule has 0 fully saturated rings. The highest BCUT2D eigenvalue weighted by molar-refractivity contribution is 7.15. The standard InChI is InChI=1S/C23H17N5O2S/c29-21(15-28-22(30)10-9-19(26-28)16-5-2-1-3-6-16)24-18-8-4-7-17(13-18)20-14-27-11-12-31-23(27)25-20/h1-14H,15H2,(H,24,29). The number of hydrogen-bond acceptors (Lipinski definition) is 5. The van der Waals surface area contributed by atoms with Crippen LogP contribution in [0.2, 0.25) is 0 Å². The summed E-state index contributed by atoms with van der Waals surface area (Å²) in [6, 6.07) is 20.1. The van der Waals surface area contributed by atoms with Crippen molar-refractivity contribution in [1.29, 1.82) is 0 Å². The van der Waals surface area contributed by atoms with Crippen molar-refractivity contribution < 1.29 is 4.79 Å². The Labute approximate surface area is 181 Å². The molecule has 0 aliphatic heterocycles. The number of thiazole rings is 1. The van der Waals surface area contributed by atoms with E-state index in [2.05, 4.69) is 15.4 Å². The van der Waals surface area contributed by atoms with Gasteiger partial charge in [0.2, 0.25) is 5.91 Å². The molecular formula is C23H17N5O2S. The molecule has 0 spiro atoms. The van der Waals surface area contributed by atoms with Gasteiger partial charge in [-0.3, -0.25) is 14.0 Å². The molecule has 1 N–H and O–H groups in total. The first-order chi connectivity index (χ1) is 15.2. The molecule has 2 aromatic carbocycles. The second kappa shape index (κ2) is 8.00. The minimum Gasteiger partial charge on any atom is -0.324 e. The van der Waals surface area contributed by atoms with Gasteiger partial charge in [-0.05, 0) is 18.2 Å². The number of benzene rings is 2. The van der Waals surface area contributed by atoms with Crippen molar-refractivity contribution in [3.63, 3.8) is 0 Å². The lowest BCUT2D eigenvalue weighted by atomic mass is 10.1. The van der Waals surface area contributed by atoms with Crippen LogP contribution in [0.5, 0.6) is 0 Å². The molecule has 0 aliphatic carbocycles. The molecule has 0 unspecified atom stereocenters. The van der Waals surface area contributed by atoms with E-state index in [9.17, 15) is 9.59 Å². The number of carbonyl (C=O) groups excluding carboxylic acids is 1. The summed E-state index contributed by atoms with van der Waals surface area (Å²) in [6.45, 7) is -0.177. The van der Waals surface area contributed by atoms with E-state index in [1.807, 2.05) is 70.7 Å². The molecule has 0 saturated heterocycles. The topological polar surface area (TPSA) is 81.3 Å². The maximum atomic E-state index is 12.6. The zero-order valence-corrected chi connectivity index (χ0v) is 17.1. The number of fused-ring (bicyclic) bond motifs is 1. The Balaban J connectivity index is 1.34. The van der Waals surface area contributed by atoms with Gasteiger partial charge in [0.05, 0.1) is 11.4 Å². The Kier molecular flexibility index (Phi) is 4.89.